The molecule has 2 heterocycles. The molecule has 0 aliphatic carbocycles. The second-order valence-corrected chi connectivity index (χ2v) is 8.39. The number of fused-ring (bicyclic) bond motifs is 1. The molecule has 3 amide bonds. The first-order valence-electron chi connectivity index (χ1n) is 10.7. The Morgan fingerprint density at radius 3 is 2.38 bits per heavy atom. The standard InChI is InChI=1S/C23H27ClN4O4/c24-18-4-2-17(3-5-18)19(26-23(25)30)14-22(29)28-9-7-27(8-10-28)15-16-1-6-20-21(13-16)32-12-11-31-20/h1-6,13,19H,7-12,14-15H2,(H3,25,26,30)/t19-/m0/s1. The van der Waals surface area contributed by atoms with Gasteiger partial charge in [-0.25, -0.2) is 4.79 Å². The molecule has 1 atom stereocenters. The number of hydrogen-bond donors (Lipinski definition) is 2. The van der Waals surface area contributed by atoms with Crippen molar-refractivity contribution >= 4 is 23.5 Å². The van der Waals surface area contributed by atoms with Crippen LogP contribution in [0.25, 0.3) is 0 Å². The molecule has 9 heteroatoms. The molecule has 0 radical (unpaired) electrons. The molecule has 0 aromatic heterocycles. The fraction of sp³-hybridized carbons (Fsp3) is 0.391. The van der Waals surface area contributed by atoms with Gasteiger partial charge < -0.3 is 25.4 Å². The highest BCUT2D eigenvalue weighted by molar-refractivity contribution is 6.30. The minimum absolute atomic E-state index is 0.0160. The number of amides is 3. The Morgan fingerprint density at radius 2 is 1.69 bits per heavy atom. The van der Waals surface area contributed by atoms with Crippen LogP contribution in [0.3, 0.4) is 0 Å². The van der Waals surface area contributed by atoms with Gasteiger partial charge in [-0.1, -0.05) is 29.8 Å². The monoisotopic (exact) mass is 458 g/mol. The van der Waals surface area contributed by atoms with E-state index >= 15 is 0 Å². The Balaban J connectivity index is 1.31. The first kappa shape index (κ1) is 22.2. The molecule has 32 heavy (non-hydrogen) atoms. The molecule has 8 nitrogen and oxygen atoms in total. The number of nitrogens with one attached hydrogen (secondary N) is 1. The molecular formula is C23H27ClN4O4. The van der Waals surface area contributed by atoms with Gasteiger partial charge >= 0.3 is 6.03 Å². The average Bonchev–Trinajstić information content (AvgIpc) is 2.79. The molecule has 2 aromatic rings. The van der Waals surface area contributed by atoms with E-state index in [4.69, 9.17) is 26.8 Å². The quantitative estimate of drug-likeness (QED) is 0.693. The predicted octanol–water partition coefficient (Wildman–Crippen LogP) is 2.56. The second-order valence-electron chi connectivity index (χ2n) is 7.95. The van der Waals surface area contributed by atoms with Crippen molar-refractivity contribution in [1.82, 2.24) is 15.1 Å². The highest BCUT2D eigenvalue weighted by atomic mass is 35.5. The number of nitrogens with two attached hydrogens (primary N) is 1. The van der Waals surface area contributed by atoms with E-state index in [0.717, 1.165) is 42.3 Å². The van der Waals surface area contributed by atoms with Gasteiger partial charge in [0.1, 0.15) is 13.2 Å². The van der Waals surface area contributed by atoms with Crippen molar-refractivity contribution in [3.63, 3.8) is 0 Å². The summed E-state index contributed by atoms with van der Waals surface area (Å²) in [6.45, 7) is 4.75. The van der Waals surface area contributed by atoms with Gasteiger partial charge in [-0.3, -0.25) is 9.69 Å². The van der Waals surface area contributed by atoms with Crippen LogP contribution in [0.5, 0.6) is 11.5 Å². The van der Waals surface area contributed by atoms with Crippen molar-refractivity contribution in [3.05, 3.63) is 58.6 Å². The molecule has 0 spiro atoms. The predicted molar refractivity (Wildman–Crippen MR) is 121 cm³/mol. The summed E-state index contributed by atoms with van der Waals surface area (Å²) < 4.78 is 11.2. The summed E-state index contributed by atoms with van der Waals surface area (Å²) in [6.07, 6.45) is 0.146. The molecule has 170 valence electrons. The van der Waals surface area contributed by atoms with Gasteiger partial charge in [0.25, 0.3) is 0 Å². The van der Waals surface area contributed by atoms with E-state index in [2.05, 4.69) is 16.3 Å². The summed E-state index contributed by atoms with van der Waals surface area (Å²) in [5, 5.41) is 3.26. The lowest BCUT2D eigenvalue weighted by molar-refractivity contribution is -0.133. The largest absolute Gasteiger partial charge is 0.486 e. The second kappa shape index (κ2) is 10.1. The van der Waals surface area contributed by atoms with E-state index in [9.17, 15) is 9.59 Å². The summed E-state index contributed by atoms with van der Waals surface area (Å²) in [7, 11) is 0. The van der Waals surface area contributed by atoms with Crippen LogP contribution in [0.1, 0.15) is 23.6 Å². The number of nitrogens with zero attached hydrogens (tertiary/aromatic N) is 2. The van der Waals surface area contributed by atoms with E-state index in [1.165, 1.54) is 0 Å². The minimum Gasteiger partial charge on any atom is -0.486 e. The molecule has 1 fully saturated rings. The molecule has 0 bridgehead atoms. The van der Waals surface area contributed by atoms with E-state index in [-0.39, 0.29) is 12.3 Å². The fourth-order valence-corrected chi connectivity index (χ4v) is 4.15. The smallest absolute Gasteiger partial charge is 0.312 e. The Labute approximate surface area is 192 Å². The van der Waals surface area contributed by atoms with Crippen molar-refractivity contribution in [3.8, 4) is 11.5 Å². The number of carbonyl (C=O) groups excluding carboxylic acids is 2. The molecule has 2 aliphatic rings. The zero-order valence-electron chi connectivity index (χ0n) is 17.8. The van der Waals surface area contributed by atoms with Crippen LogP contribution >= 0.6 is 11.6 Å². The van der Waals surface area contributed by atoms with Gasteiger partial charge in [-0.05, 0) is 35.4 Å². The van der Waals surface area contributed by atoms with Crippen LogP contribution in [0.4, 0.5) is 4.79 Å². The maximum atomic E-state index is 12.9. The average molecular weight is 459 g/mol. The van der Waals surface area contributed by atoms with Crippen molar-refractivity contribution < 1.29 is 19.1 Å². The lowest BCUT2D eigenvalue weighted by Crippen LogP contribution is -2.49. The number of halogens is 1. The highest BCUT2D eigenvalue weighted by Crippen LogP contribution is 2.31. The Morgan fingerprint density at radius 1 is 1.00 bits per heavy atom. The molecule has 0 unspecified atom stereocenters. The van der Waals surface area contributed by atoms with Gasteiger partial charge in [0.2, 0.25) is 5.91 Å². The molecule has 0 saturated carbocycles. The molecule has 2 aromatic carbocycles. The highest BCUT2D eigenvalue weighted by Gasteiger charge is 2.25. The molecule has 2 aliphatic heterocycles. The van der Waals surface area contributed by atoms with Crippen molar-refractivity contribution in [2.45, 2.75) is 19.0 Å². The third kappa shape index (κ3) is 5.63. The van der Waals surface area contributed by atoms with Gasteiger partial charge in [0.05, 0.1) is 12.5 Å². The number of urea groups is 1. The number of ether oxygens (including phenoxy) is 2. The van der Waals surface area contributed by atoms with Crippen LogP contribution in [0, 0.1) is 0 Å². The van der Waals surface area contributed by atoms with E-state index in [1.807, 2.05) is 17.0 Å². The van der Waals surface area contributed by atoms with E-state index in [0.29, 0.717) is 31.3 Å². The van der Waals surface area contributed by atoms with Gasteiger partial charge in [0.15, 0.2) is 11.5 Å². The summed E-state index contributed by atoms with van der Waals surface area (Å²) in [6, 6.07) is 11.9. The first-order valence-corrected chi connectivity index (χ1v) is 11.1. The Bertz CT molecular complexity index is 961. The van der Waals surface area contributed by atoms with E-state index in [1.54, 1.807) is 24.3 Å². The summed E-state index contributed by atoms with van der Waals surface area (Å²) in [5.41, 5.74) is 7.27. The SMILES string of the molecule is NC(=O)N[C@@H](CC(=O)N1CCN(Cc2ccc3c(c2)OCCO3)CC1)c1ccc(Cl)cc1. The number of carbonyl (C=O) groups is 2. The number of piperazine rings is 1. The molecule has 4 rings (SSSR count). The Hall–Kier alpha value is -2.97. The van der Waals surface area contributed by atoms with Crippen molar-refractivity contribution in [1.29, 1.82) is 0 Å². The number of benzene rings is 2. The first-order chi connectivity index (χ1) is 15.5. The third-order valence-corrected chi connectivity index (χ3v) is 5.96. The molecule has 3 N–H and O–H groups in total. The van der Waals surface area contributed by atoms with Gasteiger partial charge in [-0.2, -0.15) is 0 Å². The van der Waals surface area contributed by atoms with Crippen LogP contribution in [0.2, 0.25) is 5.02 Å². The summed E-state index contributed by atoms with van der Waals surface area (Å²) in [4.78, 5) is 28.5. The van der Waals surface area contributed by atoms with Gasteiger partial charge in [-0.15, -0.1) is 0 Å². The van der Waals surface area contributed by atoms with Crippen LogP contribution in [-0.2, 0) is 11.3 Å². The topological polar surface area (TPSA) is 97.1 Å². The number of rotatable bonds is 6. The Kier molecular flexibility index (Phi) is 7.02. The van der Waals surface area contributed by atoms with Crippen LogP contribution in [0.15, 0.2) is 42.5 Å². The number of primary amides is 1. The zero-order chi connectivity index (χ0) is 22.5. The number of hydrogen-bond acceptors (Lipinski definition) is 5. The lowest BCUT2D eigenvalue weighted by Gasteiger charge is -2.35. The van der Waals surface area contributed by atoms with Crippen LogP contribution in [-0.4, -0.2) is 61.1 Å². The van der Waals surface area contributed by atoms with Crippen molar-refractivity contribution in [2.24, 2.45) is 5.73 Å². The normalized spacial score (nSPS) is 17.0. The maximum absolute atomic E-state index is 12.9. The summed E-state index contributed by atoms with van der Waals surface area (Å²) >= 11 is 5.95. The maximum Gasteiger partial charge on any atom is 0.312 e. The van der Waals surface area contributed by atoms with Gasteiger partial charge in [0, 0.05) is 37.7 Å². The molecule has 1 saturated heterocycles. The third-order valence-electron chi connectivity index (χ3n) is 5.71. The minimum atomic E-state index is -0.665. The van der Waals surface area contributed by atoms with Crippen molar-refractivity contribution in [2.75, 3.05) is 39.4 Å². The zero-order valence-corrected chi connectivity index (χ0v) is 18.5. The summed E-state index contributed by atoms with van der Waals surface area (Å²) in [5.74, 6) is 1.56. The fourth-order valence-electron chi connectivity index (χ4n) is 4.02. The van der Waals surface area contributed by atoms with Crippen LogP contribution < -0.4 is 20.5 Å². The molecular weight excluding hydrogens is 432 g/mol. The lowest BCUT2D eigenvalue weighted by atomic mass is 10.0. The van der Waals surface area contributed by atoms with E-state index < -0.39 is 12.1 Å².